The van der Waals surface area contributed by atoms with Crippen LogP contribution in [-0.4, -0.2) is 101 Å². The number of carboxylic acids is 1. The number of amides is 1. The summed E-state index contributed by atoms with van der Waals surface area (Å²) in [6, 6.07) is 1.46. The molecule has 0 spiro atoms. The minimum absolute atomic E-state index is 0. The molecular formula is C21H25F2KN4O3S. The summed E-state index contributed by atoms with van der Waals surface area (Å²) in [5.74, 6) is -1.41. The minimum atomic E-state index is -2.83. The van der Waals surface area contributed by atoms with Gasteiger partial charge in [-0.15, -0.1) is 11.3 Å². The SMILES string of the molecule is CC(C)(C)Nc1cc(C(F)F)c(-c2sc(C(=O)O)nc2C(=O)N2[C@H]3CC[C@@H]2CC3)cn1.[KH]. The molecule has 11 heteroatoms. The molecule has 168 valence electrons. The second-order valence-corrected chi connectivity index (χ2v) is 10.0. The molecule has 2 fully saturated rings. The van der Waals surface area contributed by atoms with Crippen LogP contribution in [0.3, 0.4) is 0 Å². The van der Waals surface area contributed by atoms with Gasteiger partial charge in [0.1, 0.15) is 11.5 Å². The van der Waals surface area contributed by atoms with E-state index in [1.165, 1.54) is 12.3 Å². The van der Waals surface area contributed by atoms with E-state index < -0.39 is 12.4 Å². The van der Waals surface area contributed by atoms with Crippen molar-refractivity contribution >= 4 is 80.4 Å². The number of aromatic nitrogens is 2. The van der Waals surface area contributed by atoms with Crippen molar-refractivity contribution in [3.8, 4) is 10.4 Å². The van der Waals surface area contributed by atoms with Gasteiger partial charge < -0.3 is 15.3 Å². The molecule has 1 amide bonds. The average Bonchev–Trinajstić information content (AvgIpc) is 3.40. The molecule has 4 rings (SSSR count). The summed E-state index contributed by atoms with van der Waals surface area (Å²) in [5, 5.41) is 12.2. The van der Waals surface area contributed by atoms with E-state index in [4.69, 9.17) is 0 Å². The van der Waals surface area contributed by atoms with Crippen LogP contribution in [0.5, 0.6) is 0 Å². The maximum absolute atomic E-state index is 14.0. The van der Waals surface area contributed by atoms with E-state index in [9.17, 15) is 23.5 Å². The van der Waals surface area contributed by atoms with Crippen LogP contribution in [-0.2, 0) is 0 Å². The van der Waals surface area contributed by atoms with E-state index in [1.807, 2.05) is 20.8 Å². The summed E-state index contributed by atoms with van der Waals surface area (Å²) in [5.41, 5.74) is -0.748. The number of hydrogen-bond donors (Lipinski definition) is 2. The van der Waals surface area contributed by atoms with Crippen molar-refractivity contribution in [1.82, 2.24) is 14.9 Å². The van der Waals surface area contributed by atoms with Gasteiger partial charge in [0.25, 0.3) is 12.3 Å². The van der Waals surface area contributed by atoms with Crippen LogP contribution in [0.1, 0.15) is 78.7 Å². The van der Waals surface area contributed by atoms with Crippen molar-refractivity contribution in [3.63, 3.8) is 0 Å². The molecule has 2 aliphatic heterocycles. The Hall–Kier alpha value is -0.984. The third-order valence-electron chi connectivity index (χ3n) is 5.62. The first-order valence-electron chi connectivity index (χ1n) is 10.2. The molecule has 0 radical (unpaired) electrons. The Kier molecular flexibility index (Phi) is 7.78. The van der Waals surface area contributed by atoms with Gasteiger partial charge >= 0.3 is 57.4 Å². The van der Waals surface area contributed by atoms with Crippen molar-refractivity contribution in [2.45, 2.75) is 70.5 Å². The number of aromatic carboxylic acids is 1. The molecule has 0 aliphatic carbocycles. The number of carbonyl (C=O) groups excluding carboxylic acids is 1. The Morgan fingerprint density at radius 2 is 1.81 bits per heavy atom. The third kappa shape index (κ3) is 5.07. The molecule has 7 nitrogen and oxygen atoms in total. The summed E-state index contributed by atoms with van der Waals surface area (Å²) in [6.07, 6.45) is 2.04. The molecule has 2 aliphatic rings. The molecule has 32 heavy (non-hydrogen) atoms. The first-order chi connectivity index (χ1) is 14.5. The summed E-state index contributed by atoms with van der Waals surface area (Å²) in [4.78, 5) is 35.1. The van der Waals surface area contributed by atoms with Gasteiger partial charge in [-0.25, -0.2) is 23.5 Å². The standard InChI is InChI=1S/C21H24F2N4O3S.K.H/c1-21(2,3)26-14-8-12(17(22)23)13(9-24-14)16-15(25-18(31-16)20(29)30)19(28)27-10-4-5-11(27)7-6-10;;/h8-11,17H,4-7H2,1-3H3,(H,24,26)(H,29,30);;/t10-,11+;;. The Bertz CT molecular complexity index is 1020. The Morgan fingerprint density at radius 3 is 2.31 bits per heavy atom. The number of fused-ring (bicyclic) bond motifs is 2. The number of hydrogen-bond acceptors (Lipinski definition) is 6. The van der Waals surface area contributed by atoms with Gasteiger partial charge in [0.2, 0.25) is 5.01 Å². The average molecular weight is 491 g/mol. The normalized spacial score (nSPS) is 19.9. The van der Waals surface area contributed by atoms with Crippen LogP contribution >= 0.6 is 11.3 Å². The Morgan fingerprint density at radius 1 is 1.22 bits per heavy atom. The molecule has 0 unspecified atom stereocenters. The zero-order chi connectivity index (χ0) is 22.5. The van der Waals surface area contributed by atoms with Crippen LogP contribution < -0.4 is 5.32 Å². The molecule has 0 saturated carbocycles. The topological polar surface area (TPSA) is 95.4 Å². The summed E-state index contributed by atoms with van der Waals surface area (Å²) >= 11 is 0.729. The zero-order valence-corrected chi connectivity index (χ0v) is 18.3. The number of nitrogens with zero attached hydrogens (tertiary/aromatic N) is 3. The number of anilines is 1. The number of carbonyl (C=O) groups is 2. The van der Waals surface area contributed by atoms with E-state index in [1.54, 1.807) is 4.90 Å². The number of rotatable bonds is 5. The summed E-state index contributed by atoms with van der Waals surface area (Å²) < 4.78 is 28.0. The van der Waals surface area contributed by atoms with Gasteiger partial charge in [-0.05, 0) is 52.5 Å². The van der Waals surface area contributed by atoms with Crippen LogP contribution in [0.15, 0.2) is 12.3 Å². The molecule has 0 aromatic carbocycles. The number of pyridine rings is 1. The Labute approximate surface area is 231 Å². The third-order valence-corrected chi connectivity index (χ3v) is 6.70. The predicted octanol–water partition coefficient (Wildman–Crippen LogP) is 4.17. The van der Waals surface area contributed by atoms with Crippen LogP contribution in [0.25, 0.3) is 10.4 Å². The number of nitrogens with one attached hydrogen (secondary N) is 1. The number of thiazole rings is 1. The fraction of sp³-hybridized carbons (Fsp3) is 0.524. The molecule has 2 N–H and O–H groups in total. The van der Waals surface area contributed by atoms with Gasteiger partial charge in [0, 0.05) is 34.9 Å². The second kappa shape index (κ2) is 9.71. The van der Waals surface area contributed by atoms with E-state index in [-0.39, 0.29) is 107 Å². The van der Waals surface area contributed by atoms with Gasteiger partial charge in [0.05, 0.1) is 4.88 Å². The van der Waals surface area contributed by atoms with Crippen molar-refractivity contribution < 1.29 is 23.5 Å². The quantitative estimate of drug-likeness (QED) is 0.611. The van der Waals surface area contributed by atoms with Gasteiger partial charge in [-0.3, -0.25) is 4.79 Å². The van der Waals surface area contributed by atoms with Crippen LogP contribution in [0.2, 0.25) is 0 Å². The monoisotopic (exact) mass is 490 g/mol. The second-order valence-electron chi connectivity index (χ2n) is 9.01. The van der Waals surface area contributed by atoms with Crippen molar-refractivity contribution in [2.75, 3.05) is 5.32 Å². The van der Waals surface area contributed by atoms with E-state index in [0.29, 0.717) is 0 Å². The van der Waals surface area contributed by atoms with Gasteiger partial charge in [-0.2, -0.15) is 0 Å². The van der Waals surface area contributed by atoms with Crippen molar-refractivity contribution in [2.24, 2.45) is 0 Å². The predicted molar refractivity (Wildman–Crippen MR) is 120 cm³/mol. The first-order valence-corrected chi connectivity index (χ1v) is 11.0. The van der Waals surface area contributed by atoms with Crippen LogP contribution in [0.4, 0.5) is 14.6 Å². The molecule has 4 heterocycles. The molecule has 2 aromatic heterocycles. The molecule has 0 atom stereocenters. The maximum atomic E-state index is 14.0. The first kappa shape index (κ1) is 25.6. The fourth-order valence-corrected chi connectivity index (χ4v) is 5.33. The van der Waals surface area contributed by atoms with Crippen LogP contribution in [0, 0.1) is 0 Å². The molecule has 2 bridgehead atoms. The van der Waals surface area contributed by atoms with E-state index in [0.717, 1.165) is 37.0 Å². The molecule has 2 aromatic rings. The number of carboxylic acid groups (broad SMARTS) is 1. The summed E-state index contributed by atoms with van der Waals surface area (Å²) in [6.45, 7) is 5.65. The van der Waals surface area contributed by atoms with Crippen molar-refractivity contribution in [1.29, 1.82) is 0 Å². The fourth-order valence-electron chi connectivity index (χ4n) is 4.40. The van der Waals surface area contributed by atoms with Crippen molar-refractivity contribution in [3.05, 3.63) is 28.5 Å². The van der Waals surface area contributed by atoms with E-state index >= 15 is 0 Å². The number of halogens is 2. The van der Waals surface area contributed by atoms with E-state index in [2.05, 4.69) is 15.3 Å². The molecule has 2 saturated heterocycles. The number of alkyl halides is 2. The molecular weight excluding hydrogens is 465 g/mol. The van der Waals surface area contributed by atoms with Gasteiger partial charge in [0.15, 0.2) is 0 Å². The van der Waals surface area contributed by atoms with Gasteiger partial charge in [-0.1, -0.05) is 0 Å². The zero-order valence-electron chi connectivity index (χ0n) is 17.5. The Balaban J connectivity index is 0.00000289. The summed E-state index contributed by atoms with van der Waals surface area (Å²) in [7, 11) is 0.